The van der Waals surface area contributed by atoms with Gasteiger partial charge in [0.25, 0.3) is 0 Å². The van der Waals surface area contributed by atoms with Gasteiger partial charge in [-0.2, -0.15) is 0 Å². The standard InChI is InChI=1S/C22H24N2O4/c1-22(2,3)28-21(26)24-14-13-17(15-24)16-9-11-18(12-10-16)23-20(25)27-19-7-5-4-6-8-19/h4-12,15H,13-14H2,1-3H3,(H,23,25). The van der Waals surface area contributed by atoms with Crippen molar-refractivity contribution in [3.63, 3.8) is 0 Å². The van der Waals surface area contributed by atoms with Gasteiger partial charge >= 0.3 is 12.2 Å². The molecule has 0 unspecified atom stereocenters. The van der Waals surface area contributed by atoms with Gasteiger partial charge in [-0.15, -0.1) is 0 Å². The smallest absolute Gasteiger partial charge is 0.417 e. The Morgan fingerprint density at radius 1 is 1.00 bits per heavy atom. The molecule has 0 atom stereocenters. The molecule has 0 aromatic heterocycles. The van der Waals surface area contributed by atoms with Gasteiger partial charge in [0.05, 0.1) is 0 Å². The van der Waals surface area contributed by atoms with Gasteiger partial charge in [0.2, 0.25) is 0 Å². The Morgan fingerprint density at radius 2 is 1.68 bits per heavy atom. The zero-order valence-corrected chi connectivity index (χ0v) is 16.3. The van der Waals surface area contributed by atoms with E-state index in [1.807, 2.05) is 45.2 Å². The molecule has 0 spiro atoms. The second kappa shape index (κ2) is 8.17. The molecule has 2 aromatic carbocycles. The molecule has 0 aliphatic carbocycles. The van der Waals surface area contributed by atoms with E-state index in [4.69, 9.17) is 9.47 Å². The van der Waals surface area contributed by atoms with E-state index in [9.17, 15) is 9.59 Å². The van der Waals surface area contributed by atoms with E-state index in [0.29, 0.717) is 18.0 Å². The fourth-order valence-electron chi connectivity index (χ4n) is 2.75. The van der Waals surface area contributed by atoms with Gasteiger partial charge in [-0.25, -0.2) is 9.59 Å². The van der Waals surface area contributed by atoms with Crippen LogP contribution in [0.15, 0.2) is 60.8 Å². The molecule has 2 aromatic rings. The van der Waals surface area contributed by atoms with Crippen molar-refractivity contribution in [3.05, 3.63) is 66.4 Å². The maximum atomic E-state index is 12.2. The van der Waals surface area contributed by atoms with Crippen molar-refractivity contribution in [1.82, 2.24) is 4.90 Å². The van der Waals surface area contributed by atoms with E-state index >= 15 is 0 Å². The third-order valence-corrected chi connectivity index (χ3v) is 4.02. The van der Waals surface area contributed by atoms with Crippen molar-refractivity contribution in [1.29, 1.82) is 0 Å². The second-order valence-electron chi connectivity index (χ2n) is 7.48. The number of amides is 2. The van der Waals surface area contributed by atoms with Crippen molar-refractivity contribution in [2.75, 3.05) is 11.9 Å². The van der Waals surface area contributed by atoms with E-state index in [-0.39, 0.29) is 6.09 Å². The number of rotatable bonds is 3. The zero-order chi connectivity index (χ0) is 20.1. The van der Waals surface area contributed by atoms with E-state index in [1.54, 1.807) is 41.3 Å². The maximum absolute atomic E-state index is 12.2. The average molecular weight is 380 g/mol. The highest BCUT2D eigenvalue weighted by atomic mass is 16.6. The summed E-state index contributed by atoms with van der Waals surface area (Å²) in [4.78, 5) is 25.7. The zero-order valence-electron chi connectivity index (χ0n) is 16.3. The first-order valence-electron chi connectivity index (χ1n) is 9.15. The number of carbonyl (C=O) groups is 2. The molecular weight excluding hydrogens is 356 g/mol. The maximum Gasteiger partial charge on any atom is 0.417 e. The minimum Gasteiger partial charge on any atom is -0.443 e. The summed E-state index contributed by atoms with van der Waals surface area (Å²) in [5.74, 6) is 0.481. The number of benzene rings is 2. The molecule has 0 radical (unpaired) electrons. The normalized spacial score (nSPS) is 13.7. The van der Waals surface area contributed by atoms with Crippen molar-refractivity contribution in [2.24, 2.45) is 0 Å². The topological polar surface area (TPSA) is 67.9 Å². The number of nitrogens with one attached hydrogen (secondary N) is 1. The molecule has 28 heavy (non-hydrogen) atoms. The highest BCUT2D eigenvalue weighted by molar-refractivity contribution is 5.86. The Balaban J connectivity index is 1.59. The predicted molar refractivity (Wildman–Crippen MR) is 108 cm³/mol. The molecular formula is C22H24N2O4. The van der Waals surface area contributed by atoms with Crippen LogP contribution in [0.4, 0.5) is 15.3 Å². The van der Waals surface area contributed by atoms with E-state index in [2.05, 4.69) is 5.32 Å². The SMILES string of the molecule is CC(C)(C)OC(=O)N1C=C(c2ccc(NC(=O)Oc3ccccc3)cc2)CC1. The van der Waals surface area contributed by atoms with Gasteiger partial charge in [0, 0.05) is 18.4 Å². The van der Waals surface area contributed by atoms with Crippen LogP contribution in [0.5, 0.6) is 5.75 Å². The summed E-state index contributed by atoms with van der Waals surface area (Å²) < 4.78 is 10.6. The number of ether oxygens (including phenoxy) is 2. The highest BCUT2D eigenvalue weighted by Gasteiger charge is 2.24. The lowest BCUT2D eigenvalue weighted by molar-refractivity contribution is 0.0349. The van der Waals surface area contributed by atoms with Crippen LogP contribution in [0, 0.1) is 0 Å². The fourth-order valence-corrected chi connectivity index (χ4v) is 2.75. The largest absolute Gasteiger partial charge is 0.443 e. The van der Waals surface area contributed by atoms with Gasteiger partial charge in [-0.1, -0.05) is 30.3 Å². The third kappa shape index (κ3) is 5.36. The molecule has 0 saturated carbocycles. The Labute approximate surface area is 164 Å². The summed E-state index contributed by atoms with van der Waals surface area (Å²) in [5.41, 5.74) is 2.15. The molecule has 0 saturated heterocycles. The molecule has 1 N–H and O–H groups in total. The van der Waals surface area contributed by atoms with Crippen molar-refractivity contribution in [3.8, 4) is 5.75 Å². The van der Waals surface area contributed by atoms with Crippen LogP contribution in [0.3, 0.4) is 0 Å². The lowest BCUT2D eigenvalue weighted by atomic mass is 10.1. The number of nitrogens with zero attached hydrogens (tertiary/aromatic N) is 1. The minimum absolute atomic E-state index is 0.343. The highest BCUT2D eigenvalue weighted by Crippen LogP contribution is 2.27. The average Bonchev–Trinajstić information content (AvgIpc) is 3.12. The van der Waals surface area contributed by atoms with Gasteiger partial charge < -0.3 is 9.47 Å². The van der Waals surface area contributed by atoms with Crippen molar-refractivity contribution < 1.29 is 19.1 Å². The van der Waals surface area contributed by atoms with Crippen LogP contribution in [0.2, 0.25) is 0 Å². The summed E-state index contributed by atoms with van der Waals surface area (Å²) in [6.45, 7) is 6.13. The lowest BCUT2D eigenvalue weighted by Crippen LogP contribution is -2.32. The number of para-hydroxylation sites is 1. The van der Waals surface area contributed by atoms with Gasteiger partial charge in [0.1, 0.15) is 11.4 Å². The Kier molecular flexibility index (Phi) is 5.68. The van der Waals surface area contributed by atoms with E-state index in [1.165, 1.54) is 0 Å². The molecule has 1 aliphatic heterocycles. The summed E-state index contributed by atoms with van der Waals surface area (Å²) in [6, 6.07) is 16.3. The summed E-state index contributed by atoms with van der Waals surface area (Å²) >= 11 is 0. The Hall–Kier alpha value is -3.28. The number of carbonyl (C=O) groups excluding carboxylic acids is 2. The van der Waals surface area contributed by atoms with Gasteiger partial charge in [-0.3, -0.25) is 10.2 Å². The molecule has 146 valence electrons. The first-order chi connectivity index (χ1) is 13.3. The van der Waals surface area contributed by atoms with Gasteiger partial charge in [-0.05, 0) is 62.6 Å². The number of hydrogen-bond acceptors (Lipinski definition) is 4. The number of hydrogen-bond donors (Lipinski definition) is 1. The van der Waals surface area contributed by atoms with Crippen LogP contribution in [0.1, 0.15) is 32.8 Å². The Morgan fingerprint density at radius 3 is 2.32 bits per heavy atom. The molecule has 1 aliphatic rings. The fraction of sp³-hybridized carbons (Fsp3) is 0.273. The first-order valence-corrected chi connectivity index (χ1v) is 9.15. The second-order valence-corrected chi connectivity index (χ2v) is 7.48. The Bertz CT molecular complexity index is 868. The van der Waals surface area contributed by atoms with Crippen LogP contribution < -0.4 is 10.1 Å². The molecule has 0 bridgehead atoms. The van der Waals surface area contributed by atoms with Crippen LogP contribution in [-0.2, 0) is 4.74 Å². The van der Waals surface area contributed by atoms with E-state index < -0.39 is 11.7 Å². The monoisotopic (exact) mass is 380 g/mol. The van der Waals surface area contributed by atoms with Gasteiger partial charge in [0.15, 0.2) is 0 Å². The van der Waals surface area contributed by atoms with E-state index in [0.717, 1.165) is 17.6 Å². The quantitative estimate of drug-likeness (QED) is 0.787. The van der Waals surface area contributed by atoms with Crippen molar-refractivity contribution in [2.45, 2.75) is 32.8 Å². The molecule has 6 nitrogen and oxygen atoms in total. The summed E-state index contributed by atoms with van der Waals surface area (Å²) in [5, 5.41) is 2.70. The summed E-state index contributed by atoms with van der Waals surface area (Å²) in [7, 11) is 0. The molecule has 6 heteroatoms. The summed E-state index contributed by atoms with van der Waals surface area (Å²) in [6.07, 6.45) is 1.68. The van der Waals surface area contributed by atoms with Crippen LogP contribution in [-0.4, -0.2) is 29.2 Å². The lowest BCUT2D eigenvalue weighted by Gasteiger charge is -2.23. The van der Waals surface area contributed by atoms with Crippen LogP contribution >= 0.6 is 0 Å². The molecule has 0 fully saturated rings. The molecule has 3 rings (SSSR count). The first kappa shape index (κ1) is 19.5. The molecule has 1 heterocycles. The minimum atomic E-state index is -0.546. The predicted octanol–water partition coefficient (Wildman–Crippen LogP) is 5.28. The number of anilines is 1. The van der Waals surface area contributed by atoms with Crippen LogP contribution in [0.25, 0.3) is 5.57 Å². The molecule has 2 amide bonds. The third-order valence-electron chi connectivity index (χ3n) is 4.02. The van der Waals surface area contributed by atoms with Crippen molar-refractivity contribution >= 4 is 23.4 Å².